The first-order valence-corrected chi connectivity index (χ1v) is 4.64. The molecule has 1 saturated heterocycles. The Balaban J connectivity index is 0.000000671. The van der Waals surface area contributed by atoms with Crippen LogP contribution >= 0.6 is 0 Å². The van der Waals surface area contributed by atoms with Crippen LogP contribution in [0.3, 0.4) is 0 Å². The lowest BCUT2D eigenvalue weighted by Gasteiger charge is -2.26. The summed E-state index contributed by atoms with van der Waals surface area (Å²) in [4.78, 5) is 23.3. The fourth-order valence-corrected chi connectivity index (χ4v) is 1.18. The molecule has 1 atom stereocenters. The molecule has 4 nitrogen and oxygen atoms in total. The number of carbonyl (C=O) groups is 2. The van der Waals surface area contributed by atoms with Crippen molar-refractivity contribution >= 4 is 11.8 Å². The molecule has 13 heavy (non-hydrogen) atoms. The number of imide groups is 1. The number of amides is 2. The lowest BCUT2D eigenvalue weighted by molar-refractivity contribution is -0.147. The van der Waals surface area contributed by atoms with Gasteiger partial charge in [-0.2, -0.15) is 0 Å². The largest absolute Gasteiger partial charge is 0.309 e. The Morgan fingerprint density at radius 1 is 1.38 bits per heavy atom. The number of nitrogens with zero attached hydrogens (tertiary/aromatic N) is 1. The molecule has 1 heterocycles. The van der Waals surface area contributed by atoms with Gasteiger partial charge in [0.25, 0.3) is 0 Å². The maximum atomic E-state index is 11.2. The van der Waals surface area contributed by atoms with Gasteiger partial charge in [0.15, 0.2) is 0 Å². The van der Waals surface area contributed by atoms with E-state index in [1.807, 2.05) is 13.8 Å². The molecule has 0 aliphatic carbocycles. The van der Waals surface area contributed by atoms with E-state index in [-0.39, 0.29) is 17.9 Å². The second kappa shape index (κ2) is 5.70. The minimum Gasteiger partial charge on any atom is -0.309 e. The minimum absolute atomic E-state index is 0.0819. The number of hydrogen-bond acceptors (Lipinski definition) is 3. The highest BCUT2D eigenvalue weighted by Crippen LogP contribution is 2.10. The van der Waals surface area contributed by atoms with E-state index < -0.39 is 0 Å². The Hall–Kier alpha value is -0.900. The highest BCUT2D eigenvalue weighted by atomic mass is 16.2. The van der Waals surface area contributed by atoms with Crippen LogP contribution in [0.1, 0.15) is 26.7 Å². The average molecular weight is 186 g/mol. The lowest BCUT2D eigenvalue weighted by atomic mass is 10.1. The molecule has 76 valence electrons. The van der Waals surface area contributed by atoms with Crippen LogP contribution in [0, 0.1) is 0 Å². The molecule has 4 heteroatoms. The number of likely N-dealkylation sites (N-methyl/N-ethyl adjacent to an activating group) is 2. The molecule has 1 fully saturated rings. The van der Waals surface area contributed by atoms with Crippen LogP contribution < -0.4 is 5.32 Å². The normalized spacial score (nSPS) is 22.5. The molecule has 0 spiro atoms. The van der Waals surface area contributed by atoms with Gasteiger partial charge in [0.2, 0.25) is 11.8 Å². The second-order valence-electron chi connectivity index (χ2n) is 2.67. The van der Waals surface area contributed by atoms with Gasteiger partial charge in [-0.1, -0.05) is 13.8 Å². The van der Waals surface area contributed by atoms with Crippen LogP contribution in [-0.2, 0) is 9.59 Å². The van der Waals surface area contributed by atoms with E-state index in [1.165, 1.54) is 11.9 Å². The fraction of sp³-hybridized carbons (Fsp3) is 0.778. The molecule has 0 saturated carbocycles. The summed E-state index contributed by atoms with van der Waals surface area (Å²) in [7, 11) is 3.25. The van der Waals surface area contributed by atoms with Crippen LogP contribution in [0.25, 0.3) is 0 Å². The highest BCUT2D eigenvalue weighted by Gasteiger charge is 2.30. The van der Waals surface area contributed by atoms with Gasteiger partial charge in [-0.25, -0.2) is 0 Å². The first-order valence-electron chi connectivity index (χ1n) is 4.64. The van der Waals surface area contributed by atoms with Crippen LogP contribution in [0.2, 0.25) is 0 Å². The Labute approximate surface area is 79.3 Å². The predicted molar refractivity (Wildman–Crippen MR) is 51.2 cm³/mol. The molecular weight excluding hydrogens is 168 g/mol. The van der Waals surface area contributed by atoms with E-state index in [2.05, 4.69) is 5.32 Å². The quantitative estimate of drug-likeness (QED) is 0.602. The molecular formula is C9H18N2O2. The van der Waals surface area contributed by atoms with Gasteiger partial charge in [0.05, 0.1) is 6.04 Å². The van der Waals surface area contributed by atoms with Gasteiger partial charge in [-0.15, -0.1) is 0 Å². The number of nitrogens with one attached hydrogen (secondary N) is 1. The lowest BCUT2D eigenvalue weighted by Crippen LogP contribution is -2.50. The molecule has 0 bridgehead atoms. The molecule has 1 unspecified atom stereocenters. The number of likely N-dealkylation sites (tertiary alicyclic amines) is 1. The summed E-state index contributed by atoms with van der Waals surface area (Å²) in [6, 6.07) is -0.169. The Morgan fingerprint density at radius 3 is 2.38 bits per heavy atom. The van der Waals surface area contributed by atoms with E-state index in [1.54, 1.807) is 7.05 Å². The van der Waals surface area contributed by atoms with Crippen molar-refractivity contribution in [1.82, 2.24) is 10.2 Å². The van der Waals surface area contributed by atoms with Crippen molar-refractivity contribution in [3.05, 3.63) is 0 Å². The highest BCUT2D eigenvalue weighted by molar-refractivity contribution is 5.99. The van der Waals surface area contributed by atoms with Gasteiger partial charge in [-0.05, 0) is 13.5 Å². The van der Waals surface area contributed by atoms with Crippen molar-refractivity contribution in [1.29, 1.82) is 0 Å². The minimum atomic E-state index is -0.169. The van der Waals surface area contributed by atoms with Crippen molar-refractivity contribution in [3.8, 4) is 0 Å². The topological polar surface area (TPSA) is 49.4 Å². The van der Waals surface area contributed by atoms with Crippen molar-refractivity contribution in [3.63, 3.8) is 0 Å². The van der Waals surface area contributed by atoms with E-state index in [9.17, 15) is 9.59 Å². The number of piperidine rings is 1. The van der Waals surface area contributed by atoms with Crippen LogP contribution in [-0.4, -0.2) is 36.9 Å². The number of rotatable bonds is 1. The summed E-state index contributed by atoms with van der Waals surface area (Å²) in [5.41, 5.74) is 0. The predicted octanol–water partition coefficient (Wildman–Crippen LogP) is 0.379. The molecule has 0 radical (unpaired) electrons. The Morgan fingerprint density at radius 2 is 1.92 bits per heavy atom. The SMILES string of the molecule is CC.CNC1CCC(=O)N(C)C1=O. The summed E-state index contributed by atoms with van der Waals surface area (Å²) in [6.45, 7) is 4.00. The van der Waals surface area contributed by atoms with Crippen molar-refractivity contribution in [2.45, 2.75) is 32.7 Å². The van der Waals surface area contributed by atoms with Crippen LogP contribution in [0.5, 0.6) is 0 Å². The maximum Gasteiger partial charge on any atom is 0.246 e. The van der Waals surface area contributed by atoms with Gasteiger partial charge in [0, 0.05) is 13.5 Å². The monoisotopic (exact) mass is 186 g/mol. The van der Waals surface area contributed by atoms with E-state index in [4.69, 9.17) is 0 Å². The zero-order chi connectivity index (χ0) is 10.4. The average Bonchev–Trinajstić information content (AvgIpc) is 2.18. The molecule has 0 aromatic rings. The maximum absolute atomic E-state index is 11.2. The molecule has 1 N–H and O–H groups in total. The molecule has 1 aliphatic heterocycles. The summed E-state index contributed by atoms with van der Waals surface area (Å²) < 4.78 is 0. The van der Waals surface area contributed by atoms with Crippen molar-refractivity contribution in [2.24, 2.45) is 0 Å². The number of hydrogen-bond donors (Lipinski definition) is 1. The van der Waals surface area contributed by atoms with E-state index in [0.29, 0.717) is 12.8 Å². The van der Waals surface area contributed by atoms with Crippen molar-refractivity contribution in [2.75, 3.05) is 14.1 Å². The summed E-state index contributed by atoms with van der Waals surface area (Å²) in [6.07, 6.45) is 1.09. The van der Waals surface area contributed by atoms with Gasteiger partial charge >= 0.3 is 0 Å². The first kappa shape index (κ1) is 12.1. The molecule has 1 rings (SSSR count). The molecule has 2 amide bonds. The van der Waals surface area contributed by atoms with Crippen molar-refractivity contribution < 1.29 is 9.59 Å². The number of carbonyl (C=O) groups excluding carboxylic acids is 2. The third-order valence-corrected chi connectivity index (χ3v) is 2.00. The summed E-state index contributed by atoms with van der Waals surface area (Å²) >= 11 is 0. The zero-order valence-corrected chi connectivity index (χ0v) is 8.76. The summed E-state index contributed by atoms with van der Waals surface area (Å²) in [5, 5.41) is 2.86. The van der Waals surface area contributed by atoms with Crippen LogP contribution in [0.15, 0.2) is 0 Å². The van der Waals surface area contributed by atoms with E-state index in [0.717, 1.165) is 0 Å². The van der Waals surface area contributed by atoms with Crippen LogP contribution in [0.4, 0.5) is 0 Å². The third kappa shape index (κ3) is 2.81. The van der Waals surface area contributed by atoms with Gasteiger partial charge in [0.1, 0.15) is 0 Å². The fourth-order valence-electron chi connectivity index (χ4n) is 1.18. The molecule has 0 aromatic carbocycles. The Kier molecular flexibility index (Phi) is 5.30. The molecule has 0 aromatic heterocycles. The Bertz CT molecular complexity index is 192. The summed E-state index contributed by atoms with van der Waals surface area (Å²) in [5.74, 6) is -0.203. The second-order valence-corrected chi connectivity index (χ2v) is 2.67. The standard InChI is InChI=1S/C7H12N2O2.C2H6/c1-8-5-3-4-6(10)9(2)7(5)11;1-2/h5,8H,3-4H2,1-2H3;1-2H3. The van der Waals surface area contributed by atoms with E-state index >= 15 is 0 Å². The zero-order valence-electron chi connectivity index (χ0n) is 8.76. The third-order valence-electron chi connectivity index (χ3n) is 2.00. The van der Waals surface area contributed by atoms with Gasteiger partial charge in [-0.3, -0.25) is 14.5 Å². The van der Waals surface area contributed by atoms with Gasteiger partial charge < -0.3 is 5.32 Å². The smallest absolute Gasteiger partial charge is 0.246 e. The first-order chi connectivity index (χ1) is 6.16. The molecule has 1 aliphatic rings.